The molecule has 22 heavy (non-hydrogen) atoms. The Morgan fingerprint density at radius 3 is 2.73 bits per heavy atom. The lowest BCUT2D eigenvalue weighted by atomic mass is 9.98. The van der Waals surface area contributed by atoms with Gasteiger partial charge in [0.15, 0.2) is 0 Å². The molecular formula is C20H24N2. The molecule has 0 unspecified atom stereocenters. The minimum Gasteiger partial charge on any atom is -0.298 e. The fourth-order valence-corrected chi connectivity index (χ4v) is 1.84. The van der Waals surface area contributed by atoms with E-state index in [4.69, 9.17) is 5.26 Å². The summed E-state index contributed by atoms with van der Waals surface area (Å²) in [5, 5.41) is 8.94. The molecule has 114 valence electrons. The maximum atomic E-state index is 8.94. The van der Waals surface area contributed by atoms with Gasteiger partial charge in [-0.25, -0.2) is 0 Å². The van der Waals surface area contributed by atoms with Crippen LogP contribution >= 0.6 is 0 Å². The topological polar surface area (TPSA) is 27.0 Å². The van der Waals surface area contributed by atoms with E-state index in [9.17, 15) is 0 Å². The Morgan fingerprint density at radius 2 is 2.09 bits per heavy atom. The third kappa shape index (κ3) is 6.93. The minimum absolute atomic E-state index is 0.0380. The third-order valence-electron chi connectivity index (χ3n) is 2.93. The first-order valence-electron chi connectivity index (χ1n) is 7.36. The monoisotopic (exact) mass is 292 g/mol. The average molecular weight is 292 g/mol. The van der Waals surface area contributed by atoms with Gasteiger partial charge in [0.2, 0.25) is 0 Å². The predicted molar refractivity (Wildman–Crippen MR) is 94.1 cm³/mol. The van der Waals surface area contributed by atoms with Crippen LogP contribution in [0.25, 0.3) is 5.57 Å². The summed E-state index contributed by atoms with van der Waals surface area (Å²) in [6.07, 6.45) is 3.96. The van der Waals surface area contributed by atoms with Crippen LogP contribution in [0.1, 0.15) is 31.9 Å². The molecule has 0 spiro atoms. The van der Waals surface area contributed by atoms with E-state index in [1.165, 1.54) is 0 Å². The van der Waals surface area contributed by atoms with E-state index in [-0.39, 0.29) is 5.41 Å². The van der Waals surface area contributed by atoms with Gasteiger partial charge in [-0.05, 0) is 57.2 Å². The summed E-state index contributed by atoms with van der Waals surface area (Å²) >= 11 is 0. The molecule has 0 saturated heterocycles. The lowest BCUT2D eigenvalue weighted by molar-refractivity contribution is 0.419. The largest absolute Gasteiger partial charge is 0.298 e. The molecule has 0 atom stereocenters. The Bertz CT molecular complexity index is 643. The molecule has 0 radical (unpaired) electrons. The number of nitrogens with zero attached hydrogens (tertiary/aromatic N) is 2. The van der Waals surface area contributed by atoms with Gasteiger partial charge in [-0.2, -0.15) is 5.26 Å². The predicted octanol–water partition coefficient (Wildman–Crippen LogP) is 4.11. The van der Waals surface area contributed by atoms with Crippen molar-refractivity contribution in [1.29, 1.82) is 5.26 Å². The zero-order valence-corrected chi connectivity index (χ0v) is 14.0. The molecule has 0 aliphatic heterocycles. The number of hydrogen-bond acceptors (Lipinski definition) is 2. The molecule has 1 rings (SSSR count). The van der Waals surface area contributed by atoms with Gasteiger partial charge in [0.25, 0.3) is 0 Å². The molecule has 1 aromatic rings. The van der Waals surface area contributed by atoms with Crippen LogP contribution in [0.2, 0.25) is 0 Å². The van der Waals surface area contributed by atoms with E-state index < -0.39 is 0 Å². The van der Waals surface area contributed by atoms with Crippen LogP contribution < -0.4 is 0 Å². The number of allylic oxidation sites excluding steroid dienone is 1. The first-order valence-corrected chi connectivity index (χ1v) is 7.36. The summed E-state index contributed by atoms with van der Waals surface area (Å²) in [4.78, 5) is 2.16. The van der Waals surface area contributed by atoms with Crippen LogP contribution in [0.15, 0.2) is 43.0 Å². The minimum atomic E-state index is 0.0380. The SMILES string of the molecule is C=C(CN(C)C/C=C/C#CC(C)(C)C)c1cccc(C#N)c1. The van der Waals surface area contributed by atoms with Crippen LogP contribution in [0.3, 0.4) is 0 Å². The van der Waals surface area contributed by atoms with E-state index in [2.05, 4.69) is 56.2 Å². The molecule has 0 heterocycles. The summed E-state index contributed by atoms with van der Waals surface area (Å²) in [5.41, 5.74) is 2.73. The van der Waals surface area contributed by atoms with Crippen molar-refractivity contribution in [3.63, 3.8) is 0 Å². The molecular weight excluding hydrogens is 268 g/mol. The smallest absolute Gasteiger partial charge is 0.0991 e. The van der Waals surface area contributed by atoms with Crippen LogP contribution in [0, 0.1) is 28.6 Å². The van der Waals surface area contributed by atoms with Crippen LogP contribution in [-0.4, -0.2) is 25.0 Å². The molecule has 0 N–H and O–H groups in total. The van der Waals surface area contributed by atoms with E-state index >= 15 is 0 Å². The fraction of sp³-hybridized carbons (Fsp3) is 0.350. The maximum Gasteiger partial charge on any atom is 0.0991 e. The highest BCUT2D eigenvalue weighted by Gasteiger charge is 2.04. The van der Waals surface area contributed by atoms with Gasteiger partial charge in [-0.15, -0.1) is 0 Å². The maximum absolute atomic E-state index is 8.94. The third-order valence-corrected chi connectivity index (χ3v) is 2.93. The number of rotatable bonds is 5. The Hall–Kier alpha value is -2.29. The van der Waals surface area contributed by atoms with Crippen molar-refractivity contribution < 1.29 is 0 Å². The number of likely N-dealkylation sites (N-methyl/N-ethyl adjacent to an activating group) is 1. The second-order valence-electron chi connectivity index (χ2n) is 6.41. The Labute approximate surface area is 134 Å². The molecule has 0 amide bonds. The van der Waals surface area contributed by atoms with E-state index in [0.29, 0.717) is 5.56 Å². The molecule has 0 saturated carbocycles. The van der Waals surface area contributed by atoms with Crippen molar-refractivity contribution in [1.82, 2.24) is 4.90 Å². The molecule has 0 aliphatic rings. The summed E-state index contributed by atoms with van der Waals surface area (Å²) in [5.74, 6) is 6.24. The second-order valence-corrected chi connectivity index (χ2v) is 6.41. The molecule has 2 nitrogen and oxygen atoms in total. The standard InChI is InChI=1S/C20H24N2/c1-17(19-11-9-10-18(14-19)15-21)16-22(5)13-8-6-7-12-20(2,3)4/h6,8-11,14H,1,13,16H2,2-5H3/b8-6+. The lowest BCUT2D eigenvalue weighted by Crippen LogP contribution is -2.20. The van der Waals surface area contributed by atoms with Crippen LogP contribution in [-0.2, 0) is 0 Å². The lowest BCUT2D eigenvalue weighted by Gasteiger charge is -2.16. The molecule has 0 aliphatic carbocycles. The zero-order valence-electron chi connectivity index (χ0n) is 14.0. The van der Waals surface area contributed by atoms with Gasteiger partial charge in [-0.1, -0.05) is 36.6 Å². The van der Waals surface area contributed by atoms with Gasteiger partial charge in [0, 0.05) is 18.5 Å². The van der Waals surface area contributed by atoms with Gasteiger partial charge >= 0.3 is 0 Å². The van der Waals surface area contributed by atoms with Crippen LogP contribution in [0.4, 0.5) is 0 Å². The molecule has 0 bridgehead atoms. The molecule has 1 aromatic carbocycles. The summed E-state index contributed by atoms with van der Waals surface area (Å²) in [7, 11) is 2.04. The highest BCUT2D eigenvalue weighted by atomic mass is 15.1. The molecule has 0 fully saturated rings. The molecule has 2 heteroatoms. The first-order chi connectivity index (χ1) is 10.3. The van der Waals surface area contributed by atoms with Gasteiger partial charge in [-0.3, -0.25) is 4.90 Å². The normalized spacial score (nSPS) is 11.1. The number of nitriles is 1. The summed E-state index contributed by atoms with van der Waals surface area (Å²) in [6.45, 7) is 12.0. The van der Waals surface area contributed by atoms with Crippen molar-refractivity contribution in [3.05, 3.63) is 54.1 Å². The van der Waals surface area contributed by atoms with E-state index in [1.54, 1.807) is 6.07 Å². The van der Waals surface area contributed by atoms with Crippen molar-refractivity contribution in [3.8, 4) is 17.9 Å². The number of benzene rings is 1. The first kappa shape index (κ1) is 17.8. The highest BCUT2D eigenvalue weighted by molar-refractivity contribution is 5.65. The van der Waals surface area contributed by atoms with Gasteiger partial charge in [0.1, 0.15) is 0 Å². The second kappa shape index (κ2) is 8.23. The Balaban J connectivity index is 2.52. The van der Waals surface area contributed by atoms with Crippen molar-refractivity contribution in [2.75, 3.05) is 20.1 Å². The molecule has 0 aromatic heterocycles. The summed E-state index contributed by atoms with van der Waals surface area (Å²) < 4.78 is 0. The zero-order chi connectivity index (χ0) is 16.6. The number of hydrogen-bond donors (Lipinski definition) is 0. The Kier molecular flexibility index (Phi) is 6.64. The summed E-state index contributed by atoms with van der Waals surface area (Å²) in [6, 6.07) is 9.71. The van der Waals surface area contributed by atoms with Gasteiger partial charge < -0.3 is 0 Å². The Morgan fingerprint density at radius 1 is 1.36 bits per heavy atom. The fourth-order valence-electron chi connectivity index (χ4n) is 1.84. The van der Waals surface area contributed by atoms with Gasteiger partial charge in [0.05, 0.1) is 11.6 Å². The van der Waals surface area contributed by atoms with Crippen molar-refractivity contribution >= 4 is 5.57 Å². The van der Waals surface area contributed by atoms with Crippen molar-refractivity contribution in [2.24, 2.45) is 5.41 Å². The van der Waals surface area contributed by atoms with Crippen molar-refractivity contribution in [2.45, 2.75) is 20.8 Å². The van der Waals surface area contributed by atoms with Crippen LogP contribution in [0.5, 0.6) is 0 Å². The average Bonchev–Trinajstić information content (AvgIpc) is 2.45. The van der Waals surface area contributed by atoms with E-state index in [0.717, 1.165) is 24.2 Å². The van der Waals surface area contributed by atoms with E-state index in [1.807, 2.05) is 31.3 Å². The quantitative estimate of drug-likeness (QED) is 0.764. The highest BCUT2D eigenvalue weighted by Crippen LogP contribution is 2.15.